The van der Waals surface area contributed by atoms with E-state index in [9.17, 15) is 9.18 Å². The van der Waals surface area contributed by atoms with E-state index in [1.54, 1.807) is 49.7 Å². The fourth-order valence-electron chi connectivity index (χ4n) is 4.90. The Morgan fingerprint density at radius 3 is 2.48 bits per heavy atom. The van der Waals surface area contributed by atoms with Crippen molar-refractivity contribution in [3.8, 4) is 28.6 Å². The summed E-state index contributed by atoms with van der Waals surface area (Å²) in [5, 5.41) is 5.38. The quantitative estimate of drug-likeness (QED) is 0.149. The lowest BCUT2D eigenvalue weighted by atomic mass is 9.96. The fourth-order valence-corrected chi connectivity index (χ4v) is 5.17. The van der Waals surface area contributed by atoms with Crippen LogP contribution in [0.15, 0.2) is 82.7 Å². The number of methoxy groups -OCH3 is 1. The Kier molecular flexibility index (Phi) is 9.30. The van der Waals surface area contributed by atoms with Crippen LogP contribution >= 0.6 is 11.6 Å². The topological polar surface area (TPSA) is 74.9 Å². The van der Waals surface area contributed by atoms with Crippen LogP contribution in [0.3, 0.4) is 0 Å². The van der Waals surface area contributed by atoms with Crippen molar-refractivity contribution in [1.29, 1.82) is 0 Å². The highest BCUT2D eigenvalue weighted by atomic mass is 35.5. The number of aryl methyl sites for hydroxylation is 1. The van der Waals surface area contributed by atoms with E-state index in [2.05, 4.69) is 18.9 Å². The van der Waals surface area contributed by atoms with Crippen LogP contribution in [0.4, 0.5) is 4.39 Å². The summed E-state index contributed by atoms with van der Waals surface area (Å²) in [5.74, 6) is 1.81. The van der Waals surface area contributed by atoms with Crippen molar-refractivity contribution < 1.29 is 18.6 Å². The van der Waals surface area contributed by atoms with Gasteiger partial charge in [0, 0.05) is 5.56 Å². The molecular formula is C35H33ClFN3O4. The average Bonchev–Trinajstić information content (AvgIpc) is 3.01. The maximum atomic E-state index is 13.8. The van der Waals surface area contributed by atoms with Gasteiger partial charge in [-0.2, -0.15) is 9.78 Å². The standard InChI is InChI=1S/C35H33ClFN3O4/c1-6-43-32-17-24(16-29(36)33(32)44-20-23-11-13-25(37)14-12-23)19-38-40-34(39-30-10-8-7-9-26(30)35(40)41)28-18-27(21(2)3)31(42-5)15-22(28)4/h7-19,21H,6,20H2,1-5H3. The molecule has 0 saturated carbocycles. The maximum Gasteiger partial charge on any atom is 0.282 e. The number of nitrogens with zero attached hydrogens (tertiary/aromatic N) is 3. The summed E-state index contributed by atoms with van der Waals surface area (Å²) < 4.78 is 32.1. The van der Waals surface area contributed by atoms with Crippen LogP contribution < -0.4 is 19.8 Å². The van der Waals surface area contributed by atoms with E-state index in [0.29, 0.717) is 45.4 Å². The average molecular weight is 614 g/mol. The second-order valence-electron chi connectivity index (χ2n) is 10.6. The van der Waals surface area contributed by atoms with Gasteiger partial charge in [-0.25, -0.2) is 9.37 Å². The number of hydrogen-bond acceptors (Lipinski definition) is 6. The van der Waals surface area contributed by atoms with E-state index in [1.165, 1.54) is 16.8 Å². The minimum Gasteiger partial charge on any atom is -0.496 e. The van der Waals surface area contributed by atoms with Gasteiger partial charge in [-0.05, 0) is 90.6 Å². The number of hydrogen-bond donors (Lipinski definition) is 0. The largest absolute Gasteiger partial charge is 0.496 e. The molecule has 0 amide bonds. The van der Waals surface area contributed by atoms with Crippen molar-refractivity contribution >= 4 is 28.7 Å². The SMILES string of the molecule is CCOc1cc(C=Nn2c(-c3cc(C(C)C)c(OC)cc3C)nc3ccccc3c2=O)cc(Cl)c1OCc1ccc(F)cc1. The molecule has 9 heteroatoms. The van der Waals surface area contributed by atoms with Crippen molar-refractivity contribution in [1.82, 2.24) is 9.66 Å². The van der Waals surface area contributed by atoms with Crippen LogP contribution in [0.5, 0.6) is 17.2 Å². The van der Waals surface area contributed by atoms with Crippen molar-refractivity contribution in [3.63, 3.8) is 0 Å². The molecule has 1 heterocycles. The van der Waals surface area contributed by atoms with Crippen LogP contribution in [0.25, 0.3) is 22.3 Å². The second kappa shape index (κ2) is 13.3. The predicted octanol–water partition coefficient (Wildman–Crippen LogP) is 8.16. The highest BCUT2D eigenvalue weighted by molar-refractivity contribution is 6.32. The Bertz CT molecular complexity index is 1900. The first-order valence-corrected chi connectivity index (χ1v) is 14.7. The monoisotopic (exact) mass is 613 g/mol. The van der Waals surface area contributed by atoms with Gasteiger partial charge in [-0.1, -0.05) is 49.7 Å². The molecule has 5 rings (SSSR count). The third kappa shape index (κ3) is 6.45. The molecule has 5 aromatic rings. The predicted molar refractivity (Wildman–Crippen MR) is 173 cm³/mol. The van der Waals surface area contributed by atoms with E-state index < -0.39 is 0 Å². The lowest BCUT2D eigenvalue weighted by Gasteiger charge is -2.17. The highest BCUT2D eigenvalue weighted by Gasteiger charge is 2.19. The van der Waals surface area contributed by atoms with Crippen molar-refractivity contribution in [2.24, 2.45) is 5.10 Å². The summed E-state index contributed by atoms with van der Waals surface area (Å²) in [4.78, 5) is 18.7. The Labute approximate surface area is 260 Å². The van der Waals surface area contributed by atoms with Crippen LogP contribution in [-0.2, 0) is 6.61 Å². The van der Waals surface area contributed by atoms with Gasteiger partial charge >= 0.3 is 0 Å². The molecule has 0 saturated heterocycles. The van der Waals surface area contributed by atoms with Gasteiger partial charge in [-0.15, -0.1) is 0 Å². The smallest absolute Gasteiger partial charge is 0.282 e. The summed E-state index contributed by atoms with van der Waals surface area (Å²) in [6.07, 6.45) is 1.54. The lowest BCUT2D eigenvalue weighted by molar-refractivity contribution is 0.269. The van der Waals surface area contributed by atoms with Crippen LogP contribution in [0, 0.1) is 12.7 Å². The maximum absolute atomic E-state index is 13.8. The van der Waals surface area contributed by atoms with Crippen LogP contribution in [0.2, 0.25) is 5.02 Å². The zero-order valence-corrected chi connectivity index (χ0v) is 26.0. The minimum atomic E-state index is -0.322. The van der Waals surface area contributed by atoms with Gasteiger partial charge in [0.25, 0.3) is 5.56 Å². The van der Waals surface area contributed by atoms with Gasteiger partial charge in [0.05, 0.1) is 35.9 Å². The van der Waals surface area contributed by atoms with Gasteiger partial charge < -0.3 is 14.2 Å². The number of ether oxygens (including phenoxy) is 3. The van der Waals surface area contributed by atoms with Gasteiger partial charge in [0.15, 0.2) is 17.3 Å². The second-order valence-corrected chi connectivity index (χ2v) is 11.0. The molecule has 1 aromatic heterocycles. The molecule has 0 radical (unpaired) electrons. The number of fused-ring (bicyclic) bond motifs is 1. The summed E-state index contributed by atoms with van der Waals surface area (Å²) >= 11 is 6.66. The van der Waals surface area contributed by atoms with Gasteiger partial charge in [-0.3, -0.25) is 4.79 Å². The highest BCUT2D eigenvalue weighted by Crippen LogP contribution is 2.37. The van der Waals surface area contributed by atoms with E-state index in [1.807, 2.05) is 38.1 Å². The molecule has 0 aliphatic carbocycles. The molecule has 226 valence electrons. The molecule has 4 aromatic carbocycles. The van der Waals surface area contributed by atoms with E-state index >= 15 is 0 Å². The molecule has 0 spiro atoms. The first kappa shape index (κ1) is 30.8. The first-order chi connectivity index (χ1) is 21.2. The lowest BCUT2D eigenvalue weighted by Crippen LogP contribution is -2.20. The normalized spacial score (nSPS) is 11.5. The van der Waals surface area contributed by atoms with Gasteiger partial charge in [0.1, 0.15) is 18.2 Å². The van der Waals surface area contributed by atoms with Crippen LogP contribution in [0.1, 0.15) is 48.9 Å². The molecule has 44 heavy (non-hydrogen) atoms. The Hall–Kier alpha value is -4.69. The molecule has 0 aliphatic heterocycles. The zero-order valence-electron chi connectivity index (χ0n) is 25.2. The molecule has 0 atom stereocenters. The van der Waals surface area contributed by atoms with Crippen LogP contribution in [-0.4, -0.2) is 29.6 Å². The van der Waals surface area contributed by atoms with E-state index in [-0.39, 0.29) is 23.9 Å². The summed E-state index contributed by atoms with van der Waals surface area (Å²) in [6, 6.07) is 20.6. The number of aromatic nitrogens is 2. The Balaban J connectivity index is 1.59. The van der Waals surface area contributed by atoms with Crippen molar-refractivity contribution in [2.45, 2.75) is 40.2 Å². The summed E-state index contributed by atoms with van der Waals surface area (Å²) in [5.41, 5.74) is 4.29. The first-order valence-electron chi connectivity index (χ1n) is 14.3. The molecule has 7 nitrogen and oxygen atoms in total. The molecule has 0 N–H and O–H groups in total. The number of rotatable bonds is 10. The van der Waals surface area contributed by atoms with Gasteiger partial charge in [0.2, 0.25) is 0 Å². The molecule has 0 bridgehead atoms. The number of para-hydroxylation sites is 1. The van der Waals surface area contributed by atoms with Crippen molar-refractivity contribution in [3.05, 3.63) is 116 Å². The molecular weight excluding hydrogens is 581 g/mol. The number of halogens is 2. The summed E-state index contributed by atoms with van der Waals surface area (Å²) in [7, 11) is 1.65. The third-order valence-corrected chi connectivity index (χ3v) is 7.42. The Morgan fingerprint density at radius 1 is 1.02 bits per heavy atom. The molecule has 0 unspecified atom stereocenters. The Morgan fingerprint density at radius 2 is 1.77 bits per heavy atom. The van der Waals surface area contributed by atoms with E-state index in [0.717, 1.165) is 28.0 Å². The van der Waals surface area contributed by atoms with E-state index in [4.69, 9.17) is 30.8 Å². The minimum absolute atomic E-state index is 0.175. The zero-order chi connectivity index (χ0) is 31.4. The number of benzene rings is 4. The van der Waals surface area contributed by atoms with Crippen molar-refractivity contribution in [2.75, 3.05) is 13.7 Å². The molecule has 0 aliphatic rings. The fraction of sp³-hybridized carbons (Fsp3) is 0.229. The third-order valence-electron chi connectivity index (χ3n) is 7.14. The summed E-state index contributed by atoms with van der Waals surface area (Å²) in [6.45, 7) is 8.53. The molecule has 0 fully saturated rings.